The molecule has 122 valence electrons. The van der Waals surface area contributed by atoms with E-state index in [2.05, 4.69) is 26.8 Å². The molecule has 0 bridgehead atoms. The number of hydrogen-bond acceptors (Lipinski definition) is 6. The van der Waals surface area contributed by atoms with Gasteiger partial charge in [0.15, 0.2) is 5.82 Å². The SMILES string of the molecule is CNc1c(-c2cnn(C(=O)N3CC(C#N)C3)c2)ccnc1NC=O. The summed E-state index contributed by atoms with van der Waals surface area (Å²) >= 11 is 0. The van der Waals surface area contributed by atoms with Gasteiger partial charge in [0.05, 0.1) is 23.9 Å². The van der Waals surface area contributed by atoms with Gasteiger partial charge in [-0.3, -0.25) is 4.79 Å². The van der Waals surface area contributed by atoms with Crippen LogP contribution in [0.4, 0.5) is 16.3 Å². The Morgan fingerprint density at radius 1 is 1.50 bits per heavy atom. The first-order valence-electron chi connectivity index (χ1n) is 7.28. The summed E-state index contributed by atoms with van der Waals surface area (Å²) in [7, 11) is 1.72. The molecule has 1 fully saturated rings. The van der Waals surface area contributed by atoms with E-state index in [1.54, 1.807) is 36.6 Å². The predicted octanol–water partition coefficient (Wildman–Crippen LogP) is 0.979. The van der Waals surface area contributed by atoms with E-state index in [0.29, 0.717) is 36.6 Å². The number of hydrogen-bond donors (Lipinski definition) is 2. The molecule has 2 N–H and O–H groups in total. The zero-order valence-corrected chi connectivity index (χ0v) is 12.9. The van der Waals surface area contributed by atoms with Crippen molar-refractivity contribution in [3.63, 3.8) is 0 Å². The largest absolute Gasteiger partial charge is 0.385 e. The van der Waals surface area contributed by atoms with Crippen LogP contribution in [0.3, 0.4) is 0 Å². The number of likely N-dealkylation sites (tertiary alicyclic amines) is 1. The summed E-state index contributed by atoms with van der Waals surface area (Å²) in [4.78, 5) is 28.6. The normalized spacial score (nSPS) is 13.8. The van der Waals surface area contributed by atoms with Gasteiger partial charge >= 0.3 is 6.03 Å². The maximum atomic E-state index is 12.3. The van der Waals surface area contributed by atoms with Gasteiger partial charge in [-0.15, -0.1) is 0 Å². The summed E-state index contributed by atoms with van der Waals surface area (Å²) in [5.41, 5.74) is 2.10. The summed E-state index contributed by atoms with van der Waals surface area (Å²) in [6.45, 7) is 0.851. The molecule has 1 aliphatic rings. The number of nitrogens with zero attached hydrogens (tertiary/aromatic N) is 5. The van der Waals surface area contributed by atoms with Crippen molar-refractivity contribution in [1.29, 1.82) is 5.26 Å². The van der Waals surface area contributed by atoms with Crippen molar-refractivity contribution < 1.29 is 9.59 Å². The summed E-state index contributed by atoms with van der Waals surface area (Å²) in [5.74, 6) is 0.292. The van der Waals surface area contributed by atoms with E-state index in [1.807, 2.05) is 0 Å². The Balaban J connectivity index is 1.86. The highest BCUT2D eigenvalue weighted by molar-refractivity contribution is 5.89. The molecular weight excluding hydrogens is 310 g/mol. The molecule has 2 aromatic rings. The summed E-state index contributed by atoms with van der Waals surface area (Å²) in [6.07, 6.45) is 5.30. The van der Waals surface area contributed by atoms with Crippen LogP contribution in [0.2, 0.25) is 0 Å². The Morgan fingerprint density at radius 2 is 2.29 bits per heavy atom. The van der Waals surface area contributed by atoms with Crippen LogP contribution in [0.15, 0.2) is 24.7 Å². The number of carbonyl (C=O) groups excluding carboxylic acids is 2. The van der Waals surface area contributed by atoms with E-state index in [4.69, 9.17) is 5.26 Å². The topological polar surface area (TPSA) is 116 Å². The number of pyridine rings is 1. The maximum absolute atomic E-state index is 12.3. The second kappa shape index (κ2) is 6.37. The van der Waals surface area contributed by atoms with Crippen LogP contribution in [-0.2, 0) is 4.79 Å². The number of carbonyl (C=O) groups is 2. The number of anilines is 2. The molecule has 9 heteroatoms. The van der Waals surface area contributed by atoms with Gasteiger partial charge in [-0.2, -0.15) is 15.0 Å². The van der Waals surface area contributed by atoms with Crippen molar-refractivity contribution in [3.05, 3.63) is 24.7 Å². The van der Waals surface area contributed by atoms with Crippen molar-refractivity contribution in [2.75, 3.05) is 30.8 Å². The molecule has 1 saturated heterocycles. The molecule has 24 heavy (non-hydrogen) atoms. The van der Waals surface area contributed by atoms with Crippen molar-refractivity contribution in [3.8, 4) is 17.2 Å². The molecule has 0 spiro atoms. The molecule has 9 nitrogen and oxygen atoms in total. The number of nitriles is 1. The van der Waals surface area contributed by atoms with Crippen LogP contribution in [0.25, 0.3) is 11.1 Å². The average molecular weight is 325 g/mol. The molecule has 2 aromatic heterocycles. The molecule has 0 radical (unpaired) electrons. The van der Waals surface area contributed by atoms with Gasteiger partial charge in [0.1, 0.15) is 0 Å². The standard InChI is InChI=1S/C15H15N7O2/c1-17-13-12(2-3-18-14(13)19-9-23)11-5-20-22(8-11)15(24)21-6-10(4-16)7-21/h2-3,5,8-10,17H,6-7H2,1H3,(H,18,19,23). The molecule has 0 saturated carbocycles. The first kappa shape index (κ1) is 15.5. The highest BCUT2D eigenvalue weighted by atomic mass is 16.2. The highest BCUT2D eigenvalue weighted by Gasteiger charge is 2.31. The van der Waals surface area contributed by atoms with Gasteiger partial charge in [-0.05, 0) is 6.07 Å². The molecule has 3 heterocycles. The van der Waals surface area contributed by atoms with Gasteiger partial charge in [0, 0.05) is 43.7 Å². The van der Waals surface area contributed by atoms with Crippen LogP contribution in [0.1, 0.15) is 0 Å². The van der Waals surface area contributed by atoms with E-state index in [1.165, 1.54) is 4.68 Å². The molecule has 3 rings (SSSR count). The highest BCUT2D eigenvalue weighted by Crippen LogP contribution is 2.32. The van der Waals surface area contributed by atoms with E-state index < -0.39 is 0 Å². The van der Waals surface area contributed by atoms with Gasteiger partial charge in [0.25, 0.3) is 0 Å². The second-order valence-corrected chi connectivity index (χ2v) is 5.28. The molecule has 0 aliphatic carbocycles. The molecule has 1 aliphatic heterocycles. The van der Waals surface area contributed by atoms with Crippen LogP contribution in [-0.4, -0.2) is 52.2 Å². The van der Waals surface area contributed by atoms with Gasteiger partial charge in [-0.25, -0.2) is 9.78 Å². The molecule has 0 unspecified atom stereocenters. The fourth-order valence-corrected chi connectivity index (χ4v) is 2.55. The van der Waals surface area contributed by atoms with Crippen molar-refractivity contribution >= 4 is 23.9 Å². The minimum Gasteiger partial charge on any atom is -0.385 e. The van der Waals surface area contributed by atoms with Crippen LogP contribution in [0.5, 0.6) is 0 Å². The third-order valence-electron chi connectivity index (χ3n) is 3.82. The monoisotopic (exact) mass is 325 g/mol. The second-order valence-electron chi connectivity index (χ2n) is 5.28. The molecule has 2 amide bonds. The van der Waals surface area contributed by atoms with Crippen LogP contribution in [0, 0.1) is 17.2 Å². The lowest BCUT2D eigenvalue weighted by molar-refractivity contribution is -0.105. The van der Waals surface area contributed by atoms with E-state index in [-0.39, 0.29) is 11.9 Å². The van der Waals surface area contributed by atoms with Crippen molar-refractivity contribution in [2.24, 2.45) is 5.92 Å². The Labute approximate surface area is 137 Å². The molecular formula is C15H15N7O2. The summed E-state index contributed by atoms with van der Waals surface area (Å²) in [6, 6.07) is 3.63. The lowest BCUT2D eigenvalue weighted by Crippen LogP contribution is -2.51. The van der Waals surface area contributed by atoms with Gasteiger partial charge < -0.3 is 15.5 Å². The average Bonchev–Trinajstić information content (AvgIpc) is 3.03. The van der Waals surface area contributed by atoms with E-state index >= 15 is 0 Å². The van der Waals surface area contributed by atoms with E-state index in [0.717, 1.165) is 5.56 Å². The lowest BCUT2D eigenvalue weighted by atomic mass is 10.0. The zero-order valence-electron chi connectivity index (χ0n) is 12.9. The smallest absolute Gasteiger partial charge is 0.344 e. The van der Waals surface area contributed by atoms with Gasteiger partial charge in [-0.1, -0.05) is 0 Å². The van der Waals surface area contributed by atoms with Crippen molar-refractivity contribution in [2.45, 2.75) is 0 Å². The fraction of sp³-hybridized carbons (Fsp3) is 0.267. The number of aromatic nitrogens is 3. The Kier molecular flexibility index (Phi) is 4.11. The number of nitrogens with one attached hydrogen (secondary N) is 2. The van der Waals surface area contributed by atoms with Crippen LogP contribution >= 0.6 is 0 Å². The van der Waals surface area contributed by atoms with Gasteiger partial charge in [0.2, 0.25) is 6.41 Å². The first-order chi connectivity index (χ1) is 11.7. The molecule has 0 atom stereocenters. The number of amides is 2. The van der Waals surface area contributed by atoms with Crippen LogP contribution < -0.4 is 10.6 Å². The van der Waals surface area contributed by atoms with Crippen molar-refractivity contribution in [1.82, 2.24) is 19.7 Å². The zero-order chi connectivity index (χ0) is 17.1. The minimum atomic E-state index is -0.265. The third-order valence-corrected chi connectivity index (χ3v) is 3.82. The molecule has 0 aromatic carbocycles. The quantitative estimate of drug-likeness (QED) is 0.809. The third kappa shape index (κ3) is 2.65. The first-order valence-corrected chi connectivity index (χ1v) is 7.28. The Morgan fingerprint density at radius 3 is 2.96 bits per heavy atom. The maximum Gasteiger partial charge on any atom is 0.344 e. The Hall–Kier alpha value is -3.41. The lowest BCUT2D eigenvalue weighted by Gasteiger charge is -2.34. The predicted molar refractivity (Wildman–Crippen MR) is 86.2 cm³/mol. The van der Waals surface area contributed by atoms with E-state index in [9.17, 15) is 9.59 Å². The minimum absolute atomic E-state index is 0.1000. The number of rotatable bonds is 4. The summed E-state index contributed by atoms with van der Waals surface area (Å²) < 4.78 is 1.25. The fourth-order valence-electron chi connectivity index (χ4n) is 2.55. The summed E-state index contributed by atoms with van der Waals surface area (Å²) in [5, 5.41) is 18.4. The Bertz CT molecular complexity index is 817.